The molecule has 1 aromatic heterocycles. The van der Waals surface area contributed by atoms with E-state index in [1.807, 2.05) is 16.8 Å². The van der Waals surface area contributed by atoms with Gasteiger partial charge in [0, 0.05) is 31.0 Å². The van der Waals surface area contributed by atoms with Crippen molar-refractivity contribution in [3.8, 4) is 5.75 Å². The fourth-order valence-corrected chi connectivity index (χ4v) is 1.82. The number of aromatic nitrogens is 2. The molecule has 2 rings (SSSR count). The zero-order valence-corrected chi connectivity index (χ0v) is 11.8. The first-order valence-electron chi connectivity index (χ1n) is 6.75. The van der Waals surface area contributed by atoms with E-state index >= 15 is 0 Å². The molecule has 1 N–H and O–H groups in total. The number of halogens is 1. The van der Waals surface area contributed by atoms with E-state index in [0.717, 1.165) is 5.56 Å². The summed E-state index contributed by atoms with van der Waals surface area (Å²) in [5.74, 6) is 0.288. The van der Waals surface area contributed by atoms with E-state index in [0.29, 0.717) is 31.5 Å². The first-order chi connectivity index (χ1) is 9.63. The average molecular weight is 277 g/mol. The van der Waals surface area contributed by atoms with Crippen LogP contribution in [-0.2, 0) is 13.1 Å². The molecule has 20 heavy (non-hydrogen) atoms. The van der Waals surface area contributed by atoms with Crippen LogP contribution in [0.3, 0.4) is 0 Å². The molecule has 0 spiro atoms. The molecule has 2 aromatic rings. The minimum Gasteiger partial charge on any atom is -0.492 e. The number of benzene rings is 1. The average Bonchev–Trinajstić information content (AvgIpc) is 2.89. The maximum absolute atomic E-state index is 13.5. The summed E-state index contributed by atoms with van der Waals surface area (Å²) in [5, 5.41) is 3.26. The quantitative estimate of drug-likeness (QED) is 0.845. The Morgan fingerprint density at radius 2 is 2.20 bits per heavy atom. The fraction of sp³-hybridized carbons (Fsp3) is 0.400. The SMILES string of the molecule is CC(C)NCc1cc(F)cc(OCCn2ccnc2)c1. The van der Waals surface area contributed by atoms with Gasteiger partial charge in [-0.3, -0.25) is 0 Å². The smallest absolute Gasteiger partial charge is 0.127 e. The zero-order valence-electron chi connectivity index (χ0n) is 11.8. The Balaban J connectivity index is 1.90. The third-order valence-electron chi connectivity index (χ3n) is 2.82. The van der Waals surface area contributed by atoms with E-state index in [4.69, 9.17) is 4.74 Å². The van der Waals surface area contributed by atoms with Gasteiger partial charge in [-0.15, -0.1) is 0 Å². The predicted molar refractivity (Wildman–Crippen MR) is 76.1 cm³/mol. The van der Waals surface area contributed by atoms with Gasteiger partial charge in [-0.1, -0.05) is 13.8 Å². The van der Waals surface area contributed by atoms with Crippen LogP contribution in [0.5, 0.6) is 5.75 Å². The number of hydrogen-bond acceptors (Lipinski definition) is 3. The van der Waals surface area contributed by atoms with Crippen LogP contribution in [0.4, 0.5) is 4.39 Å². The maximum atomic E-state index is 13.5. The summed E-state index contributed by atoms with van der Waals surface area (Å²) in [6.45, 7) is 5.92. The molecule has 1 heterocycles. The van der Waals surface area contributed by atoms with Crippen LogP contribution >= 0.6 is 0 Å². The first-order valence-corrected chi connectivity index (χ1v) is 6.75. The summed E-state index contributed by atoms with van der Waals surface area (Å²) in [5.41, 5.74) is 0.885. The van der Waals surface area contributed by atoms with Crippen molar-refractivity contribution >= 4 is 0 Å². The summed E-state index contributed by atoms with van der Waals surface area (Å²) in [6, 6.07) is 5.17. The molecule has 4 nitrogen and oxygen atoms in total. The van der Waals surface area contributed by atoms with Crippen LogP contribution in [0.15, 0.2) is 36.9 Å². The van der Waals surface area contributed by atoms with Crippen LogP contribution in [0, 0.1) is 5.82 Å². The van der Waals surface area contributed by atoms with Gasteiger partial charge in [0.15, 0.2) is 0 Å². The largest absolute Gasteiger partial charge is 0.492 e. The molecule has 0 atom stereocenters. The van der Waals surface area contributed by atoms with Gasteiger partial charge in [0.25, 0.3) is 0 Å². The molecule has 0 fully saturated rings. The number of nitrogens with one attached hydrogen (secondary N) is 1. The molecule has 0 unspecified atom stereocenters. The Morgan fingerprint density at radius 3 is 2.90 bits per heavy atom. The molecule has 5 heteroatoms. The molecule has 0 aliphatic carbocycles. The van der Waals surface area contributed by atoms with Gasteiger partial charge in [0.1, 0.15) is 18.2 Å². The third-order valence-corrected chi connectivity index (χ3v) is 2.82. The van der Waals surface area contributed by atoms with Crippen molar-refractivity contribution < 1.29 is 9.13 Å². The highest BCUT2D eigenvalue weighted by molar-refractivity contribution is 5.29. The molecule has 0 amide bonds. The molecule has 0 saturated heterocycles. The van der Waals surface area contributed by atoms with Crippen molar-refractivity contribution in [2.24, 2.45) is 0 Å². The van der Waals surface area contributed by atoms with Crippen molar-refractivity contribution in [1.82, 2.24) is 14.9 Å². The lowest BCUT2D eigenvalue weighted by atomic mass is 10.2. The van der Waals surface area contributed by atoms with Crippen LogP contribution in [-0.4, -0.2) is 22.2 Å². The summed E-state index contributed by atoms with van der Waals surface area (Å²) in [6.07, 6.45) is 5.32. The lowest BCUT2D eigenvalue weighted by molar-refractivity contribution is 0.296. The van der Waals surface area contributed by atoms with Crippen molar-refractivity contribution in [3.05, 3.63) is 48.3 Å². The molecule has 0 aliphatic rings. The fourth-order valence-electron chi connectivity index (χ4n) is 1.82. The second kappa shape index (κ2) is 7.05. The second-order valence-electron chi connectivity index (χ2n) is 4.98. The molecule has 1 aromatic carbocycles. The van der Waals surface area contributed by atoms with Crippen molar-refractivity contribution in [2.75, 3.05) is 6.61 Å². The van der Waals surface area contributed by atoms with Crippen LogP contribution in [0.25, 0.3) is 0 Å². The van der Waals surface area contributed by atoms with Crippen LogP contribution in [0.1, 0.15) is 19.4 Å². The number of ether oxygens (including phenoxy) is 1. The van der Waals surface area contributed by atoms with Gasteiger partial charge < -0.3 is 14.6 Å². The monoisotopic (exact) mass is 277 g/mol. The summed E-state index contributed by atoms with van der Waals surface area (Å²) in [4.78, 5) is 3.96. The first kappa shape index (κ1) is 14.5. The molecular weight excluding hydrogens is 257 g/mol. The van der Waals surface area contributed by atoms with E-state index in [9.17, 15) is 4.39 Å². The Hall–Kier alpha value is -1.88. The van der Waals surface area contributed by atoms with Gasteiger partial charge in [0.2, 0.25) is 0 Å². The lowest BCUT2D eigenvalue weighted by Crippen LogP contribution is -2.21. The zero-order chi connectivity index (χ0) is 14.4. The predicted octanol–water partition coefficient (Wildman–Crippen LogP) is 2.60. The molecule has 0 aliphatic heterocycles. The van der Waals surface area contributed by atoms with Crippen molar-refractivity contribution in [3.63, 3.8) is 0 Å². The maximum Gasteiger partial charge on any atom is 0.127 e. The number of rotatable bonds is 7. The summed E-state index contributed by atoms with van der Waals surface area (Å²) >= 11 is 0. The van der Waals surface area contributed by atoms with Crippen molar-refractivity contribution in [2.45, 2.75) is 33.0 Å². The summed E-state index contributed by atoms with van der Waals surface area (Å²) < 4.78 is 21.0. The highest BCUT2D eigenvalue weighted by Crippen LogP contribution is 2.16. The Kier molecular flexibility index (Phi) is 5.12. The van der Waals surface area contributed by atoms with Gasteiger partial charge in [-0.25, -0.2) is 9.37 Å². The van der Waals surface area contributed by atoms with E-state index in [2.05, 4.69) is 24.1 Å². The van der Waals surface area contributed by atoms with E-state index in [1.54, 1.807) is 12.5 Å². The van der Waals surface area contributed by atoms with Crippen molar-refractivity contribution in [1.29, 1.82) is 0 Å². The second-order valence-corrected chi connectivity index (χ2v) is 4.98. The highest BCUT2D eigenvalue weighted by atomic mass is 19.1. The van der Waals surface area contributed by atoms with Gasteiger partial charge in [-0.2, -0.15) is 0 Å². The third kappa shape index (κ3) is 4.66. The van der Waals surface area contributed by atoms with Gasteiger partial charge >= 0.3 is 0 Å². The minimum atomic E-state index is -0.273. The summed E-state index contributed by atoms with van der Waals surface area (Å²) in [7, 11) is 0. The molecule has 0 saturated carbocycles. The van der Waals surface area contributed by atoms with Gasteiger partial charge in [-0.05, 0) is 17.7 Å². The van der Waals surface area contributed by atoms with Crippen LogP contribution < -0.4 is 10.1 Å². The Bertz CT molecular complexity index is 526. The molecule has 0 bridgehead atoms. The van der Waals surface area contributed by atoms with E-state index < -0.39 is 0 Å². The normalized spacial score (nSPS) is 11.0. The van der Waals surface area contributed by atoms with Crippen LogP contribution in [0.2, 0.25) is 0 Å². The number of nitrogens with zero attached hydrogens (tertiary/aromatic N) is 2. The molecular formula is C15H20FN3O. The molecule has 108 valence electrons. The topological polar surface area (TPSA) is 39.1 Å². The lowest BCUT2D eigenvalue weighted by Gasteiger charge is -2.11. The highest BCUT2D eigenvalue weighted by Gasteiger charge is 2.03. The number of imidazole rings is 1. The minimum absolute atomic E-state index is 0.273. The van der Waals surface area contributed by atoms with E-state index in [-0.39, 0.29) is 5.82 Å². The Labute approximate surface area is 118 Å². The number of hydrogen-bond donors (Lipinski definition) is 1. The molecule has 0 radical (unpaired) electrons. The van der Waals surface area contributed by atoms with Gasteiger partial charge in [0.05, 0.1) is 12.9 Å². The standard InChI is InChI=1S/C15H20FN3O/c1-12(2)18-10-13-7-14(16)9-15(8-13)20-6-5-19-4-3-17-11-19/h3-4,7-9,11-12,18H,5-6,10H2,1-2H3. The Morgan fingerprint density at radius 1 is 1.35 bits per heavy atom. The van der Waals surface area contributed by atoms with E-state index in [1.165, 1.54) is 12.1 Å².